The number of nitro benzene ring substituents is 1. The molecule has 1 aromatic heterocycles. The van der Waals surface area contributed by atoms with E-state index in [-0.39, 0.29) is 17.1 Å². The zero-order valence-electron chi connectivity index (χ0n) is 11.3. The van der Waals surface area contributed by atoms with E-state index in [0.29, 0.717) is 11.6 Å². The van der Waals surface area contributed by atoms with E-state index >= 15 is 0 Å². The van der Waals surface area contributed by atoms with Crippen LogP contribution >= 0.6 is 11.6 Å². The van der Waals surface area contributed by atoms with Gasteiger partial charge in [0.05, 0.1) is 11.5 Å². The third-order valence-electron chi connectivity index (χ3n) is 2.77. The first-order chi connectivity index (χ1) is 9.90. The van der Waals surface area contributed by atoms with Crippen molar-refractivity contribution in [2.24, 2.45) is 0 Å². The number of hydrogen-bond donors (Lipinski definition) is 1. The van der Waals surface area contributed by atoms with Crippen molar-refractivity contribution < 1.29 is 9.72 Å². The van der Waals surface area contributed by atoms with Crippen LogP contribution in [0.2, 0.25) is 5.02 Å². The molecular formula is C12H12ClN5O3. The molecule has 9 heteroatoms. The van der Waals surface area contributed by atoms with Crippen LogP contribution < -0.4 is 0 Å². The Labute approximate surface area is 124 Å². The second-order valence-corrected chi connectivity index (χ2v) is 4.80. The van der Waals surface area contributed by atoms with Crippen LogP contribution in [0.25, 0.3) is 0 Å². The fourth-order valence-electron chi connectivity index (χ4n) is 1.82. The van der Waals surface area contributed by atoms with Crippen LogP contribution in [0.5, 0.6) is 0 Å². The van der Waals surface area contributed by atoms with Crippen LogP contribution in [0.1, 0.15) is 22.0 Å². The van der Waals surface area contributed by atoms with E-state index in [1.165, 1.54) is 30.1 Å². The fourth-order valence-corrected chi connectivity index (χ4v) is 2.07. The number of aromatic nitrogens is 3. The average molecular weight is 310 g/mol. The van der Waals surface area contributed by atoms with Gasteiger partial charge >= 0.3 is 5.69 Å². The summed E-state index contributed by atoms with van der Waals surface area (Å²) in [6.45, 7) is 1.87. The van der Waals surface area contributed by atoms with Gasteiger partial charge in [-0.1, -0.05) is 17.7 Å². The monoisotopic (exact) mass is 309 g/mol. The maximum absolute atomic E-state index is 12.3. The lowest BCUT2D eigenvalue weighted by Crippen LogP contribution is -2.27. The molecule has 0 aliphatic carbocycles. The van der Waals surface area contributed by atoms with E-state index in [0.717, 1.165) is 0 Å². The molecule has 0 saturated carbocycles. The minimum atomic E-state index is -0.666. The zero-order chi connectivity index (χ0) is 15.6. The van der Waals surface area contributed by atoms with Crippen LogP contribution in [-0.2, 0) is 6.54 Å². The molecule has 0 bridgehead atoms. The summed E-state index contributed by atoms with van der Waals surface area (Å²) in [4.78, 5) is 28.1. The molecule has 0 spiro atoms. The summed E-state index contributed by atoms with van der Waals surface area (Å²) < 4.78 is 0. The number of carbonyl (C=O) groups excluding carboxylic acids is 1. The molecule has 0 aliphatic rings. The molecule has 0 fully saturated rings. The van der Waals surface area contributed by atoms with E-state index in [2.05, 4.69) is 15.2 Å². The minimum absolute atomic E-state index is 0.0674. The van der Waals surface area contributed by atoms with Crippen molar-refractivity contribution in [2.75, 3.05) is 7.05 Å². The lowest BCUT2D eigenvalue weighted by molar-refractivity contribution is -0.385. The van der Waals surface area contributed by atoms with Gasteiger partial charge in [0.15, 0.2) is 5.82 Å². The van der Waals surface area contributed by atoms with Crippen LogP contribution in [0.3, 0.4) is 0 Å². The third kappa shape index (κ3) is 3.16. The van der Waals surface area contributed by atoms with E-state index in [1.54, 1.807) is 6.92 Å². The number of nitro groups is 1. The highest BCUT2D eigenvalue weighted by Gasteiger charge is 2.26. The molecule has 2 rings (SSSR count). The van der Waals surface area contributed by atoms with Crippen molar-refractivity contribution in [3.63, 3.8) is 0 Å². The van der Waals surface area contributed by atoms with Gasteiger partial charge in [-0.25, -0.2) is 4.98 Å². The molecule has 1 heterocycles. The summed E-state index contributed by atoms with van der Waals surface area (Å²) in [5.41, 5.74) is -0.468. The van der Waals surface area contributed by atoms with Crippen molar-refractivity contribution in [1.29, 1.82) is 0 Å². The van der Waals surface area contributed by atoms with Crippen molar-refractivity contribution in [3.8, 4) is 0 Å². The molecule has 1 N–H and O–H groups in total. The largest absolute Gasteiger partial charge is 0.334 e. The van der Waals surface area contributed by atoms with Gasteiger partial charge in [-0.3, -0.25) is 20.0 Å². The van der Waals surface area contributed by atoms with Crippen LogP contribution in [0.4, 0.5) is 5.69 Å². The van der Waals surface area contributed by atoms with Crippen LogP contribution in [0.15, 0.2) is 18.2 Å². The number of halogens is 1. The summed E-state index contributed by atoms with van der Waals surface area (Å²) in [5, 5.41) is 17.6. The molecule has 8 nitrogen and oxygen atoms in total. The highest BCUT2D eigenvalue weighted by molar-refractivity contribution is 6.33. The van der Waals surface area contributed by atoms with Gasteiger partial charge < -0.3 is 4.90 Å². The predicted molar refractivity (Wildman–Crippen MR) is 75.0 cm³/mol. The molecule has 1 amide bonds. The molecule has 2 aromatic rings. The number of nitrogens with zero attached hydrogens (tertiary/aromatic N) is 4. The third-order valence-corrected chi connectivity index (χ3v) is 3.07. The molecule has 21 heavy (non-hydrogen) atoms. The fraction of sp³-hybridized carbons (Fsp3) is 0.250. The van der Waals surface area contributed by atoms with Gasteiger partial charge in [-0.05, 0) is 19.1 Å². The standard InChI is InChI=1S/C12H12ClN5O3/c1-7-14-10(16-15-7)6-17(2)12(19)8-4-3-5-9(13)11(8)18(20)21/h3-5H,6H2,1-2H3,(H,14,15,16). The number of carbonyl (C=O) groups is 1. The van der Waals surface area contributed by atoms with Gasteiger partial charge in [-0.2, -0.15) is 5.10 Å². The van der Waals surface area contributed by atoms with Gasteiger partial charge in [-0.15, -0.1) is 0 Å². The SMILES string of the molecule is Cc1nc(CN(C)C(=O)c2cccc(Cl)c2[N+](=O)[O-])n[nH]1. The lowest BCUT2D eigenvalue weighted by atomic mass is 10.1. The van der Waals surface area contributed by atoms with Gasteiger partial charge in [0.25, 0.3) is 5.91 Å². The summed E-state index contributed by atoms with van der Waals surface area (Å²) >= 11 is 5.79. The Morgan fingerprint density at radius 1 is 1.52 bits per heavy atom. The van der Waals surface area contributed by atoms with Crippen molar-refractivity contribution in [2.45, 2.75) is 13.5 Å². The molecular weight excluding hydrogens is 298 g/mol. The molecule has 0 atom stereocenters. The smallest absolute Gasteiger partial charge is 0.300 e. The van der Waals surface area contributed by atoms with Gasteiger partial charge in [0.1, 0.15) is 16.4 Å². The van der Waals surface area contributed by atoms with E-state index in [4.69, 9.17) is 11.6 Å². The van der Waals surface area contributed by atoms with E-state index in [9.17, 15) is 14.9 Å². The second-order valence-electron chi connectivity index (χ2n) is 4.39. The number of rotatable bonds is 4. The summed E-state index contributed by atoms with van der Waals surface area (Å²) in [6.07, 6.45) is 0. The number of H-pyrrole nitrogens is 1. The number of nitrogens with one attached hydrogen (secondary N) is 1. The predicted octanol–water partition coefficient (Wildman–Crippen LogP) is 1.95. The Bertz CT molecular complexity index is 700. The molecule has 0 radical (unpaired) electrons. The van der Waals surface area contributed by atoms with E-state index in [1.807, 2.05) is 0 Å². The Balaban J connectivity index is 2.27. The van der Waals surface area contributed by atoms with Crippen molar-refractivity contribution >= 4 is 23.2 Å². The highest BCUT2D eigenvalue weighted by atomic mass is 35.5. The van der Waals surface area contributed by atoms with Crippen molar-refractivity contribution in [3.05, 3.63) is 50.5 Å². The zero-order valence-corrected chi connectivity index (χ0v) is 12.1. The van der Waals surface area contributed by atoms with Crippen LogP contribution in [0, 0.1) is 17.0 Å². The number of amides is 1. The minimum Gasteiger partial charge on any atom is -0.334 e. The maximum atomic E-state index is 12.3. The number of para-hydroxylation sites is 1. The molecule has 0 unspecified atom stereocenters. The van der Waals surface area contributed by atoms with Crippen LogP contribution in [-0.4, -0.2) is 38.0 Å². The topological polar surface area (TPSA) is 105 Å². The second kappa shape index (κ2) is 5.88. The molecule has 1 aromatic carbocycles. The maximum Gasteiger partial charge on any atom is 0.300 e. The molecule has 0 aliphatic heterocycles. The first kappa shape index (κ1) is 14.9. The Hall–Kier alpha value is -2.48. The van der Waals surface area contributed by atoms with Gasteiger partial charge in [0, 0.05) is 7.05 Å². The normalized spacial score (nSPS) is 10.4. The Morgan fingerprint density at radius 2 is 2.24 bits per heavy atom. The Morgan fingerprint density at radius 3 is 2.81 bits per heavy atom. The molecule has 110 valence electrons. The Kier molecular flexibility index (Phi) is 4.18. The van der Waals surface area contributed by atoms with Gasteiger partial charge in [0.2, 0.25) is 0 Å². The summed E-state index contributed by atoms with van der Waals surface area (Å²) in [5.74, 6) is 0.527. The highest BCUT2D eigenvalue weighted by Crippen LogP contribution is 2.29. The first-order valence-corrected chi connectivity index (χ1v) is 6.34. The van der Waals surface area contributed by atoms with Crippen molar-refractivity contribution in [1.82, 2.24) is 20.1 Å². The summed E-state index contributed by atoms with van der Waals surface area (Å²) in [6, 6.07) is 4.23. The number of aromatic amines is 1. The quantitative estimate of drug-likeness (QED) is 0.686. The average Bonchev–Trinajstić information content (AvgIpc) is 2.82. The first-order valence-electron chi connectivity index (χ1n) is 5.96. The van der Waals surface area contributed by atoms with E-state index < -0.39 is 16.5 Å². The lowest BCUT2D eigenvalue weighted by Gasteiger charge is -2.15. The number of benzene rings is 1. The number of aryl methyl sites for hydroxylation is 1. The summed E-state index contributed by atoms with van der Waals surface area (Å²) in [7, 11) is 1.51. The molecule has 0 saturated heterocycles. The number of hydrogen-bond acceptors (Lipinski definition) is 5.